The lowest BCUT2D eigenvalue weighted by Gasteiger charge is -2.32. The molecule has 1 aliphatic carbocycles. The molecule has 1 aromatic rings. The maximum Gasteiger partial charge on any atom is 0.408 e. The van der Waals surface area contributed by atoms with Crippen LogP contribution in [0.1, 0.15) is 51.5 Å². The van der Waals surface area contributed by atoms with E-state index < -0.39 is 29.7 Å². The molecule has 2 aliphatic rings. The highest BCUT2D eigenvalue weighted by Gasteiger charge is 2.40. The van der Waals surface area contributed by atoms with Crippen LogP contribution >= 0.6 is 0 Å². The fourth-order valence-electron chi connectivity index (χ4n) is 3.80. The van der Waals surface area contributed by atoms with Crippen molar-refractivity contribution in [2.24, 2.45) is 10.9 Å². The highest BCUT2D eigenvalue weighted by Crippen LogP contribution is 2.32. The van der Waals surface area contributed by atoms with Crippen molar-refractivity contribution >= 4 is 24.1 Å². The van der Waals surface area contributed by atoms with E-state index in [9.17, 15) is 14.4 Å². The molecule has 0 bridgehead atoms. The van der Waals surface area contributed by atoms with Crippen LogP contribution in [0.3, 0.4) is 0 Å². The van der Waals surface area contributed by atoms with E-state index in [0.29, 0.717) is 6.42 Å². The summed E-state index contributed by atoms with van der Waals surface area (Å²) >= 11 is 0. The number of carbonyl (C=O) groups is 3. The summed E-state index contributed by atoms with van der Waals surface area (Å²) in [4.78, 5) is 42.0. The molecule has 0 radical (unpaired) electrons. The second kappa shape index (κ2) is 9.73. The third-order valence-electron chi connectivity index (χ3n) is 5.37. The highest BCUT2D eigenvalue weighted by molar-refractivity contribution is 6.03. The molecule has 2 atom stereocenters. The fraction of sp³-hybridized carbons (Fsp3) is 0.545. The van der Waals surface area contributed by atoms with Crippen molar-refractivity contribution in [2.45, 2.75) is 70.3 Å². The first-order chi connectivity index (χ1) is 14.4. The molecule has 1 heterocycles. The molecule has 1 unspecified atom stereocenters. The minimum absolute atomic E-state index is 0.114. The van der Waals surface area contributed by atoms with Gasteiger partial charge in [0.15, 0.2) is 0 Å². The minimum Gasteiger partial charge on any atom is -0.445 e. The predicted octanol–water partition coefficient (Wildman–Crippen LogP) is 2.28. The number of nitrogens with one attached hydrogen (secondary N) is 3. The maximum atomic E-state index is 12.8. The number of nitrogens with zero attached hydrogens (tertiary/aromatic N) is 1. The van der Waals surface area contributed by atoms with Gasteiger partial charge >= 0.3 is 6.09 Å². The third kappa shape index (κ3) is 5.81. The first kappa shape index (κ1) is 21.8. The van der Waals surface area contributed by atoms with Gasteiger partial charge in [-0.25, -0.2) is 4.79 Å². The van der Waals surface area contributed by atoms with Gasteiger partial charge in [0.1, 0.15) is 24.4 Å². The largest absolute Gasteiger partial charge is 0.445 e. The molecular weight excluding hydrogens is 384 g/mol. The van der Waals surface area contributed by atoms with Crippen LogP contribution in [0.4, 0.5) is 4.79 Å². The summed E-state index contributed by atoms with van der Waals surface area (Å²) in [5.74, 6) is -0.546. The summed E-state index contributed by atoms with van der Waals surface area (Å²) in [6, 6.07) is 7.65. The Morgan fingerprint density at radius 2 is 1.93 bits per heavy atom. The standard InChI is InChI=1S/C22H30N4O4/c1-15(2)12-17(25-21(29)30-14-16-8-4-3-5-9-16)19(27)24-18-13-23-22(26-20(18)28)10-6-7-11-22/h3-5,8-9,13,15,17-18H,6-7,10-12,14H2,1-2H3,(H,24,27)(H,25,29)(H,26,28)/t17-,18?/m0/s1. The van der Waals surface area contributed by atoms with Gasteiger partial charge in [-0.05, 0) is 43.6 Å². The zero-order chi connectivity index (χ0) is 21.6. The zero-order valence-electron chi connectivity index (χ0n) is 17.5. The Morgan fingerprint density at radius 3 is 2.57 bits per heavy atom. The van der Waals surface area contributed by atoms with Gasteiger partial charge in [-0.15, -0.1) is 0 Å². The summed E-state index contributed by atoms with van der Waals surface area (Å²) in [6.45, 7) is 4.02. The molecule has 1 fully saturated rings. The summed E-state index contributed by atoms with van der Waals surface area (Å²) in [6.07, 6.45) is 4.96. The number of ether oxygens (including phenoxy) is 1. The fourth-order valence-corrected chi connectivity index (χ4v) is 3.80. The first-order valence-electron chi connectivity index (χ1n) is 10.5. The quantitative estimate of drug-likeness (QED) is 0.636. The van der Waals surface area contributed by atoms with Crippen molar-refractivity contribution in [3.63, 3.8) is 0 Å². The topological polar surface area (TPSA) is 109 Å². The Kier molecular flexibility index (Phi) is 7.07. The van der Waals surface area contributed by atoms with Crippen LogP contribution in [0.15, 0.2) is 35.3 Å². The van der Waals surface area contributed by atoms with Gasteiger partial charge in [0.05, 0.1) is 0 Å². The van der Waals surface area contributed by atoms with Gasteiger partial charge in [0.2, 0.25) is 11.8 Å². The van der Waals surface area contributed by atoms with E-state index in [1.54, 1.807) is 0 Å². The molecule has 3 N–H and O–H groups in total. The molecule has 3 amide bonds. The lowest BCUT2D eigenvalue weighted by Crippen LogP contribution is -2.60. The lowest BCUT2D eigenvalue weighted by atomic mass is 10.0. The molecule has 8 heteroatoms. The normalized spacial score (nSPS) is 20.6. The Bertz CT molecular complexity index is 788. The van der Waals surface area contributed by atoms with E-state index >= 15 is 0 Å². The van der Waals surface area contributed by atoms with Crippen molar-refractivity contribution in [1.82, 2.24) is 16.0 Å². The minimum atomic E-state index is -0.847. The van der Waals surface area contributed by atoms with Crippen LogP contribution in [0.5, 0.6) is 0 Å². The molecule has 162 valence electrons. The Labute approximate surface area is 176 Å². The summed E-state index contributed by atoms with van der Waals surface area (Å²) < 4.78 is 5.23. The van der Waals surface area contributed by atoms with Gasteiger partial charge in [0, 0.05) is 6.21 Å². The first-order valence-corrected chi connectivity index (χ1v) is 10.5. The Balaban J connectivity index is 1.57. The number of hydrogen-bond acceptors (Lipinski definition) is 5. The third-order valence-corrected chi connectivity index (χ3v) is 5.37. The molecule has 8 nitrogen and oxygen atoms in total. The average Bonchev–Trinajstić information content (AvgIpc) is 3.16. The molecule has 1 spiro atoms. The maximum absolute atomic E-state index is 12.8. The molecule has 1 saturated carbocycles. The second-order valence-electron chi connectivity index (χ2n) is 8.38. The van der Waals surface area contributed by atoms with Crippen LogP contribution in [-0.4, -0.2) is 41.9 Å². The predicted molar refractivity (Wildman–Crippen MR) is 113 cm³/mol. The molecule has 0 saturated heterocycles. The number of amides is 3. The molecule has 3 rings (SSSR count). The van der Waals surface area contributed by atoms with Gasteiger partial charge < -0.3 is 20.7 Å². The van der Waals surface area contributed by atoms with Crippen LogP contribution in [-0.2, 0) is 20.9 Å². The van der Waals surface area contributed by atoms with E-state index in [1.807, 2.05) is 44.2 Å². The van der Waals surface area contributed by atoms with Gasteiger partial charge in [-0.2, -0.15) is 0 Å². The van der Waals surface area contributed by atoms with Gasteiger partial charge in [-0.1, -0.05) is 44.2 Å². The van der Waals surface area contributed by atoms with Crippen molar-refractivity contribution in [3.8, 4) is 0 Å². The number of aliphatic imine (C=N–C) groups is 1. The average molecular weight is 415 g/mol. The van der Waals surface area contributed by atoms with Crippen molar-refractivity contribution in [2.75, 3.05) is 0 Å². The SMILES string of the molecule is CC(C)C[C@H](NC(=O)OCc1ccccc1)C(=O)NC1C=NC2(CCCC2)NC1=O. The van der Waals surface area contributed by atoms with Crippen molar-refractivity contribution in [1.29, 1.82) is 0 Å². The highest BCUT2D eigenvalue weighted by atomic mass is 16.5. The molecule has 0 aromatic heterocycles. The number of benzene rings is 1. The van der Waals surface area contributed by atoms with Crippen molar-refractivity contribution < 1.29 is 19.1 Å². The zero-order valence-corrected chi connectivity index (χ0v) is 17.5. The smallest absolute Gasteiger partial charge is 0.408 e. The van der Waals surface area contributed by atoms with E-state index in [0.717, 1.165) is 31.2 Å². The van der Waals surface area contributed by atoms with Crippen LogP contribution < -0.4 is 16.0 Å². The summed E-state index contributed by atoms with van der Waals surface area (Å²) in [7, 11) is 0. The monoisotopic (exact) mass is 414 g/mol. The van der Waals surface area contributed by atoms with E-state index in [4.69, 9.17) is 4.74 Å². The molecule has 1 aromatic carbocycles. The number of alkyl carbamates (subject to hydrolysis) is 1. The Morgan fingerprint density at radius 1 is 1.23 bits per heavy atom. The number of hydrogen-bond donors (Lipinski definition) is 3. The molecule has 1 aliphatic heterocycles. The summed E-state index contributed by atoms with van der Waals surface area (Å²) in [5.41, 5.74) is 0.350. The van der Waals surface area contributed by atoms with Crippen molar-refractivity contribution in [3.05, 3.63) is 35.9 Å². The van der Waals surface area contributed by atoms with Crippen LogP contribution in [0.2, 0.25) is 0 Å². The molecule has 30 heavy (non-hydrogen) atoms. The second-order valence-corrected chi connectivity index (χ2v) is 8.38. The van der Waals surface area contributed by atoms with Crippen LogP contribution in [0.25, 0.3) is 0 Å². The number of carbonyl (C=O) groups excluding carboxylic acids is 3. The van der Waals surface area contributed by atoms with E-state index in [1.165, 1.54) is 6.21 Å². The Hall–Kier alpha value is -2.90. The van der Waals surface area contributed by atoms with E-state index in [-0.39, 0.29) is 18.4 Å². The summed E-state index contributed by atoms with van der Waals surface area (Å²) in [5, 5.41) is 8.25. The lowest BCUT2D eigenvalue weighted by molar-refractivity contribution is -0.130. The number of rotatable bonds is 7. The van der Waals surface area contributed by atoms with Gasteiger partial charge in [0.25, 0.3) is 0 Å². The van der Waals surface area contributed by atoms with Gasteiger partial charge in [-0.3, -0.25) is 14.6 Å². The molecular formula is C22H30N4O4. The van der Waals surface area contributed by atoms with Crippen LogP contribution in [0, 0.1) is 5.92 Å². The van der Waals surface area contributed by atoms with E-state index in [2.05, 4.69) is 20.9 Å².